The Morgan fingerprint density at radius 2 is 2.12 bits per heavy atom. The number of fused-ring (bicyclic) bond motifs is 1. The van der Waals surface area contributed by atoms with Crippen LogP contribution < -0.4 is 14.2 Å². The highest BCUT2D eigenvalue weighted by Crippen LogP contribution is 2.52. The summed E-state index contributed by atoms with van der Waals surface area (Å²) in [7, 11) is 1.37. The van der Waals surface area contributed by atoms with Crippen molar-refractivity contribution in [1.82, 2.24) is 0 Å². The maximum Gasteiger partial charge on any atom is 0.228 e. The normalized spacial score (nSPS) is 22.2. The Hall–Kier alpha value is -2.25. The predicted molar refractivity (Wildman–Crippen MR) is 83.2 cm³/mol. The van der Waals surface area contributed by atoms with E-state index in [1.807, 2.05) is 0 Å². The number of benzene rings is 1. The molecule has 2 N–H and O–H groups in total. The van der Waals surface area contributed by atoms with E-state index in [1.54, 1.807) is 0 Å². The van der Waals surface area contributed by atoms with Crippen molar-refractivity contribution in [1.29, 1.82) is 0 Å². The highest BCUT2D eigenvalue weighted by molar-refractivity contribution is 6.35. The van der Waals surface area contributed by atoms with Crippen LogP contribution in [0.3, 0.4) is 0 Å². The lowest BCUT2D eigenvalue weighted by Crippen LogP contribution is -2.45. The summed E-state index contributed by atoms with van der Waals surface area (Å²) < 4.78 is 16.3. The number of aliphatic hydroxyl groups is 2. The Labute approximate surface area is 142 Å². The van der Waals surface area contributed by atoms with Gasteiger partial charge in [0.1, 0.15) is 34.5 Å². The van der Waals surface area contributed by atoms with Gasteiger partial charge in [-0.2, -0.15) is 0 Å². The first-order valence-electron chi connectivity index (χ1n) is 7.26. The Bertz CT molecular complexity index is 755. The molecule has 0 aromatic heterocycles. The fourth-order valence-electron chi connectivity index (χ4n) is 2.84. The number of hydrogen-bond acceptors (Lipinski definition) is 7. The van der Waals surface area contributed by atoms with Crippen LogP contribution in [0.15, 0.2) is 17.9 Å². The quantitative estimate of drug-likeness (QED) is 0.850. The second kappa shape index (κ2) is 5.99. The largest absolute Gasteiger partial charge is 0.507 e. The first-order valence-corrected chi connectivity index (χ1v) is 7.64. The average molecular weight is 355 g/mol. The van der Waals surface area contributed by atoms with Crippen molar-refractivity contribution in [2.24, 2.45) is 0 Å². The van der Waals surface area contributed by atoms with Crippen LogP contribution in [0, 0.1) is 0 Å². The predicted octanol–water partition coefficient (Wildman–Crippen LogP) is 1.84. The first-order chi connectivity index (χ1) is 11.4. The molecule has 0 saturated carbocycles. The Morgan fingerprint density at radius 1 is 1.38 bits per heavy atom. The Morgan fingerprint density at radius 3 is 2.75 bits per heavy atom. The molecule has 0 bridgehead atoms. The van der Waals surface area contributed by atoms with Gasteiger partial charge < -0.3 is 24.4 Å². The smallest absolute Gasteiger partial charge is 0.228 e. The molecule has 1 atom stereocenters. The number of aliphatic hydroxyl groups excluding tert-OH is 2. The molecule has 0 fully saturated rings. The second-order valence-electron chi connectivity index (χ2n) is 5.42. The maximum atomic E-state index is 12.9. The number of ketones is 2. The Balaban J connectivity index is 2.12. The molecule has 0 unspecified atom stereocenters. The lowest BCUT2D eigenvalue weighted by Gasteiger charge is -2.28. The molecule has 8 heteroatoms. The summed E-state index contributed by atoms with van der Waals surface area (Å²) >= 11 is 6.26. The van der Waals surface area contributed by atoms with Gasteiger partial charge in [-0.15, -0.1) is 0 Å². The molecule has 1 aliphatic heterocycles. The van der Waals surface area contributed by atoms with Crippen LogP contribution >= 0.6 is 11.6 Å². The van der Waals surface area contributed by atoms with Crippen molar-refractivity contribution in [3.63, 3.8) is 0 Å². The lowest BCUT2D eigenvalue weighted by atomic mass is 9.83. The van der Waals surface area contributed by atoms with Crippen LogP contribution in [0.1, 0.15) is 23.2 Å². The van der Waals surface area contributed by atoms with Crippen LogP contribution in [0.25, 0.3) is 0 Å². The van der Waals surface area contributed by atoms with E-state index >= 15 is 0 Å². The van der Waals surface area contributed by atoms with Gasteiger partial charge in [-0.1, -0.05) is 11.6 Å². The first kappa shape index (κ1) is 16.6. The number of rotatable bonds is 4. The molecule has 1 aromatic carbocycles. The molecule has 1 heterocycles. The zero-order chi connectivity index (χ0) is 17.5. The monoisotopic (exact) mass is 354 g/mol. The molecule has 0 amide bonds. The maximum absolute atomic E-state index is 12.9. The van der Waals surface area contributed by atoms with E-state index in [0.29, 0.717) is 0 Å². The van der Waals surface area contributed by atoms with Crippen molar-refractivity contribution >= 4 is 23.2 Å². The number of hydrogen-bond donors (Lipinski definition) is 2. The van der Waals surface area contributed by atoms with Gasteiger partial charge in [0.2, 0.25) is 11.4 Å². The van der Waals surface area contributed by atoms with E-state index in [4.69, 9.17) is 30.9 Å². The zero-order valence-electron chi connectivity index (χ0n) is 12.8. The van der Waals surface area contributed by atoms with Gasteiger partial charge in [-0.3, -0.25) is 9.59 Å². The van der Waals surface area contributed by atoms with Crippen molar-refractivity contribution < 1.29 is 34.0 Å². The summed E-state index contributed by atoms with van der Waals surface area (Å²) in [4.78, 5) is 24.3. The minimum absolute atomic E-state index is 0.000402. The number of Topliss-reactive ketones (excluding diaryl/α,β-unsaturated/α-hetero) is 1. The van der Waals surface area contributed by atoms with E-state index < -0.39 is 17.1 Å². The van der Waals surface area contributed by atoms with Gasteiger partial charge >= 0.3 is 0 Å². The number of allylic oxidation sites excluding steroid dienone is 1. The van der Waals surface area contributed by atoms with Gasteiger partial charge in [0, 0.05) is 25.0 Å². The van der Waals surface area contributed by atoms with Crippen molar-refractivity contribution in [3.05, 3.63) is 28.5 Å². The van der Waals surface area contributed by atoms with Crippen LogP contribution in [0.5, 0.6) is 17.2 Å². The fraction of sp³-hybridized carbons (Fsp3) is 0.375. The standard InChI is InChI=1S/C16H15ClO7/c1-22-9-7-10(23-5-4-18)13(17)14-12(9)15(21)16(24-14)3-2-8(19)6-11(16)20/h6-7,18,20H,2-5H2,1H3/t16-/m0/s1. The highest BCUT2D eigenvalue weighted by Gasteiger charge is 2.55. The third-order valence-corrected chi connectivity index (χ3v) is 4.38. The van der Waals surface area contributed by atoms with Gasteiger partial charge in [-0.05, 0) is 0 Å². The van der Waals surface area contributed by atoms with Gasteiger partial charge in [0.25, 0.3) is 0 Å². The van der Waals surface area contributed by atoms with E-state index in [9.17, 15) is 14.7 Å². The number of ether oxygens (including phenoxy) is 3. The molecular weight excluding hydrogens is 340 g/mol. The summed E-state index contributed by atoms with van der Waals surface area (Å²) in [5.41, 5.74) is -1.57. The summed E-state index contributed by atoms with van der Waals surface area (Å²) in [5, 5.41) is 19.1. The molecule has 1 aliphatic carbocycles. The summed E-state index contributed by atoms with van der Waals surface area (Å²) in [6.07, 6.45) is 1.07. The summed E-state index contributed by atoms with van der Waals surface area (Å²) in [6, 6.07) is 1.42. The summed E-state index contributed by atoms with van der Waals surface area (Å²) in [6.45, 7) is -0.217. The molecule has 0 saturated heterocycles. The molecule has 0 radical (unpaired) electrons. The number of carbonyl (C=O) groups is 2. The Kier molecular flexibility index (Phi) is 4.15. The van der Waals surface area contributed by atoms with Crippen molar-refractivity contribution in [3.8, 4) is 17.2 Å². The average Bonchev–Trinajstić information content (AvgIpc) is 2.86. The van der Waals surface area contributed by atoms with E-state index in [1.165, 1.54) is 13.2 Å². The molecule has 3 rings (SSSR count). The summed E-state index contributed by atoms with van der Waals surface area (Å²) in [5.74, 6) is -0.865. The molecule has 1 aromatic rings. The third kappa shape index (κ3) is 2.32. The van der Waals surface area contributed by atoms with Crippen LogP contribution in [-0.2, 0) is 4.79 Å². The third-order valence-electron chi connectivity index (χ3n) is 4.03. The van der Waals surface area contributed by atoms with Gasteiger partial charge in [0.15, 0.2) is 11.5 Å². The van der Waals surface area contributed by atoms with Crippen LogP contribution in [0.2, 0.25) is 5.02 Å². The van der Waals surface area contributed by atoms with Gasteiger partial charge in [-0.25, -0.2) is 0 Å². The number of methoxy groups -OCH3 is 1. The van der Waals surface area contributed by atoms with Crippen LogP contribution in [-0.4, -0.2) is 47.7 Å². The van der Waals surface area contributed by atoms with E-state index in [-0.39, 0.29) is 59.7 Å². The van der Waals surface area contributed by atoms with Gasteiger partial charge in [0.05, 0.1) is 13.7 Å². The second-order valence-corrected chi connectivity index (χ2v) is 5.80. The molecule has 1 spiro atoms. The number of carbonyl (C=O) groups excluding carboxylic acids is 2. The zero-order valence-corrected chi connectivity index (χ0v) is 13.6. The molecule has 2 aliphatic rings. The highest BCUT2D eigenvalue weighted by atomic mass is 35.5. The topological polar surface area (TPSA) is 102 Å². The molecule has 128 valence electrons. The minimum Gasteiger partial charge on any atom is -0.507 e. The fourth-order valence-corrected chi connectivity index (χ4v) is 3.09. The van der Waals surface area contributed by atoms with E-state index in [2.05, 4.69) is 0 Å². The SMILES string of the molecule is COc1cc(OCCO)c(Cl)c2c1C(=O)[C@@]1(CCC(=O)C=C1O)O2. The molecular formula is C16H15ClO7. The lowest BCUT2D eigenvalue weighted by molar-refractivity contribution is -0.116. The molecule has 24 heavy (non-hydrogen) atoms. The van der Waals surface area contributed by atoms with Crippen molar-refractivity contribution in [2.75, 3.05) is 20.3 Å². The van der Waals surface area contributed by atoms with E-state index in [0.717, 1.165) is 6.08 Å². The number of halogens is 1. The minimum atomic E-state index is -1.66. The van der Waals surface area contributed by atoms with Crippen LogP contribution in [0.4, 0.5) is 0 Å². The molecule has 7 nitrogen and oxygen atoms in total. The van der Waals surface area contributed by atoms with Crippen molar-refractivity contribution in [2.45, 2.75) is 18.4 Å².